The van der Waals surface area contributed by atoms with Crippen molar-refractivity contribution in [3.05, 3.63) is 59.7 Å². The minimum absolute atomic E-state index is 0.151. The third-order valence-corrected chi connectivity index (χ3v) is 3.74. The number of anilines is 1. The topological polar surface area (TPSA) is 76.7 Å². The van der Waals surface area contributed by atoms with Crippen LogP contribution >= 0.6 is 0 Å². The molecule has 0 heterocycles. The molecule has 0 aliphatic heterocycles. The average Bonchev–Trinajstić information content (AvgIpc) is 2.70. The number of carbonyl (C=O) groups excluding carboxylic acids is 2. The Bertz CT molecular complexity index is 744. The van der Waals surface area contributed by atoms with Crippen LogP contribution in [0.3, 0.4) is 0 Å². The van der Waals surface area contributed by atoms with Gasteiger partial charge in [-0.15, -0.1) is 0 Å². The lowest BCUT2D eigenvalue weighted by molar-refractivity contribution is 0.0952. The van der Waals surface area contributed by atoms with Crippen LogP contribution < -0.4 is 15.4 Å². The van der Waals surface area contributed by atoms with Gasteiger partial charge in [0.1, 0.15) is 12.4 Å². The summed E-state index contributed by atoms with van der Waals surface area (Å²) in [6, 6.07) is 13.8. The van der Waals surface area contributed by atoms with E-state index in [0.717, 1.165) is 6.42 Å². The molecule has 0 saturated carbocycles. The van der Waals surface area contributed by atoms with E-state index in [2.05, 4.69) is 10.6 Å². The first-order chi connectivity index (χ1) is 13.1. The SMILES string of the molecule is CCCNC(=O)c1cccc(NC(=O)c2ccc(OCCOCC)cc2)c1. The number of nitrogens with one attached hydrogen (secondary N) is 2. The Kier molecular flexibility index (Phi) is 8.32. The maximum Gasteiger partial charge on any atom is 0.255 e. The third-order valence-electron chi connectivity index (χ3n) is 3.74. The predicted octanol–water partition coefficient (Wildman–Crippen LogP) is 3.49. The van der Waals surface area contributed by atoms with Gasteiger partial charge in [0.25, 0.3) is 11.8 Å². The summed E-state index contributed by atoms with van der Waals surface area (Å²) >= 11 is 0. The van der Waals surface area contributed by atoms with Crippen molar-refractivity contribution >= 4 is 17.5 Å². The summed E-state index contributed by atoms with van der Waals surface area (Å²) in [5.41, 5.74) is 1.59. The maximum atomic E-state index is 12.4. The first-order valence-electron chi connectivity index (χ1n) is 9.14. The number of carbonyl (C=O) groups is 2. The predicted molar refractivity (Wildman–Crippen MR) is 105 cm³/mol. The van der Waals surface area contributed by atoms with Gasteiger partial charge in [-0.1, -0.05) is 13.0 Å². The normalized spacial score (nSPS) is 10.3. The van der Waals surface area contributed by atoms with Crippen LogP contribution in [0.5, 0.6) is 5.75 Å². The Morgan fingerprint density at radius 3 is 2.41 bits per heavy atom. The van der Waals surface area contributed by atoms with E-state index in [1.165, 1.54) is 0 Å². The molecular formula is C21H26N2O4. The molecule has 0 radical (unpaired) electrons. The van der Waals surface area contributed by atoms with Crippen LogP contribution in [0.25, 0.3) is 0 Å². The van der Waals surface area contributed by atoms with Crippen LogP contribution in [0, 0.1) is 0 Å². The summed E-state index contributed by atoms with van der Waals surface area (Å²) in [6.07, 6.45) is 0.869. The standard InChI is InChI=1S/C21H26N2O4/c1-3-12-22-20(24)17-6-5-7-18(15-17)23-21(25)16-8-10-19(11-9-16)27-14-13-26-4-2/h5-11,15H,3-4,12-14H2,1-2H3,(H,22,24)(H,23,25). The molecule has 0 atom stereocenters. The minimum Gasteiger partial charge on any atom is -0.491 e. The number of hydrogen-bond donors (Lipinski definition) is 2. The molecule has 0 aliphatic carbocycles. The smallest absolute Gasteiger partial charge is 0.255 e. The van der Waals surface area contributed by atoms with Gasteiger partial charge < -0.3 is 20.1 Å². The number of ether oxygens (including phenoxy) is 2. The Hall–Kier alpha value is -2.86. The average molecular weight is 370 g/mol. The second-order valence-corrected chi connectivity index (χ2v) is 5.86. The monoisotopic (exact) mass is 370 g/mol. The molecule has 2 amide bonds. The first kappa shape index (κ1) is 20.5. The van der Waals surface area contributed by atoms with Crippen molar-refractivity contribution in [2.45, 2.75) is 20.3 Å². The van der Waals surface area contributed by atoms with Crippen LogP contribution in [0.2, 0.25) is 0 Å². The lowest BCUT2D eigenvalue weighted by Crippen LogP contribution is -2.24. The van der Waals surface area contributed by atoms with Gasteiger partial charge in [-0.05, 0) is 55.8 Å². The fourth-order valence-electron chi connectivity index (χ4n) is 2.35. The van der Waals surface area contributed by atoms with Gasteiger partial charge in [-0.3, -0.25) is 9.59 Å². The van der Waals surface area contributed by atoms with E-state index in [-0.39, 0.29) is 11.8 Å². The molecule has 0 unspecified atom stereocenters. The maximum absolute atomic E-state index is 12.4. The summed E-state index contributed by atoms with van der Waals surface area (Å²) in [7, 11) is 0. The third kappa shape index (κ3) is 6.75. The van der Waals surface area contributed by atoms with Gasteiger partial charge in [-0.25, -0.2) is 0 Å². The number of rotatable bonds is 10. The van der Waals surface area contributed by atoms with Gasteiger partial charge in [0.05, 0.1) is 6.61 Å². The van der Waals surface area contributed by atoms with Crippen molar-refractivity contribution in [2.75, 3.05) is 31.7 Å². The molecule has 2 aromatic rings. The molecule has 0 spiro atoms. The van der Waals surface area contributed by atoms with E-state index in [1.807, 2.05) is 13.8 Å². The van der Waals surface area contributed by atoms with Gasteiger partial charge in [0.2, 0.25) is 0 Å². The van der Waals surface area contributed by atoms with Crippen molar-refractivity contribution < 1.29 is 19.1 Å². The zero-order valence-electron chi connectivity index (χ0n) is 15.8. The number of hydrogen-bond acceptors (Lipinski definition) is 4. The molecule has 0 bridgehead atoms. The van der Waals surface area contributed by atoms with Gasteiger partial charge >= 0.3 is 0 Å². The summed E-state index contributed by atoms with van der Waals surface area (Å²) in [6.45, 7) is 6.19. The second kappa shape index (κ2) is 11.0. The Morgan fingerprint density at radius 2 is 1.70 bits per heavy atom. The lowest BCUT2D eigenvalue weighted by atomic mass is 10.1. The van der Waals surface area contributed by atoms with E-state index in [9.17, 15) is 9.59 Å². The Morgan fingerprint density at radius 1 is 0.926 bits per heavy atom. The van der Waals surface area contributed by atoms with Crippen molar-refractivity contribution in [1.82, 2.24) is 5.32 Å². The Balaban J connectivity index is 1.93. The molecule has 6 heteroatoms. The molecule has 2 rings (SSSR count). The quantitative estimate of drug-likeness (QED) is 0.628. The fraction of sp³-hybridized carbons (Fsp3) is 0.333. The zero-order valence-corrected chi connectivity index (χ0v) is 15.8. The molecule has 0 saturated heterocycles. The van der Waals surface area contributed by atoms with Crippen LogP contribution in [0.4, 0.5) is 5.69 Å². The second-order valence-electron chi connectivity index (χ2n) is 5.86. The van der Waals surface area contributed by atoms with Crippen molar-refractivity contribution in [3.8, 4) is 5.75 Å². The molecule has 2 aromatic carbocycles. The van der Waals surface area contributed by atoms with E-state index in [4.69, 9.17) is 9.47 Å². The van der Waals surface area contributed by atoms with Crippen LogP contribution in [0.1, 0.15) is 41.0 Å². The molecule has 2 N–H and O–H groups in total. The molecule has 0 aromatic heterocycles. The van der Waals surface area contributed by atoms with Gasteiger partial charge in [-0.2, -0.15) is 0 Å². The largest absolute Gasteiger partial charge is 0.491 e. The van der Waals surface area contributed by atoms with Crippen LogP contribution in [0.15, 0.2) is 48.5 Å². The van der Waals surface area contributed by atoms with Crippen molar-refractivity contribution in [2.24, 2.45) is 0 Å². The van der Waals surface area contributed by atoms with Crippen LogP contribution in [-0.4, -0.2) is 38.2 Å². The number of benzene rings is 2. The highest BCUT2D eigenvalue weighted by molar-refractivity contribution is 6.05. The van der Waals surface area contributed by atoms with E-state index >= 15 is 0 Å². The number of amides is 2. The minimum atomic E-state index is -0.248. The summed E-state index contributed by atoms with van der Waals surface area (Å²) < 4.78 is 10.7. The van der Waals surface area contributed by atoms with E-state index in [0.29, 0.717) is 48.9 Å². The first-order valence-corrected chi connectivity index (χ1v) is 9.14. The summed E-state index contributed by atoms with van der Waals surface area (Å²) in [5, 5.41) is 5.63. The highest BCUT2D eigenvalue weighted by Crippen LogP contribution is 2.15. The van der Waals surface area contributed by atoms with Crippen molar-refractivity contribution in [1.29, 1.82) is 0 Å². The van der Waals surface area contributed by atoms with Gasteiger partial charge in [0.15, 0.2) is 0 Å². The lowest BCUT2D eigenvalue weighted by Gasteiger charge is -2.09. The molecule has 0 aliphatic rings. The Labute approximate surface area is 159 Å². The molecule has 27 heavy (non-hydrogen) atoms. The highest BCUT2D eigenvalue weighted by atomic mass is 16.5. The fourth-order valence-corrected chi connectivity index (χ4v) is 2.35. The van der Waals surface area contributed by atoms with Crippen LogP contribution in [-0.2, 0) is 4.74 Å². The summed E-state index contributed by atoms with van der Waals surface area (Å²) in [5.74, 6) is 0.282. The summed E-state index contributed by atoms with van der Waals surface area (Å²) in [4.78, 5) is 24.4. The highest BCUT2D eigenvalue weighted by Gasteiger charge is 2.09. The van der Waals surface area contributed by atoms with Gasteiger partial charge in [0, 0.05) is 30.0 Å². The van der Waals surface area contributed by atoms with E-state index < -0.39 is 0 Å². The van der Waals surface area contributed by atoms with Crippen molar-refractivity contribution in [3.63, 3.8) is 0 Å². The molecule has 144 valence electrons. The molecule has 6 nitrogen and oxygen atoms in total. The zero-order chi connectivity index (χ0) is 19.5. The van der Waals surface area contributed by atoms with E-state index in [1.54, 1.807) is 48.5 Å². The molecule has 0 fully saturated rings. The molecular weight excluding hydrogens is 344 g/mol.